The highest BCUT2D eigenvalue weighted by molar-refractivity contribution is 5.97. The summed E-state index contributed by atoms with van der Waals surface area (Å²) in [5.41, 5.74) is 8.72. The number of nitrogens with zero attached hydrogens (tertiary/aromatic N) is 2. The van der Waals surface area contributed by atoms with Crippen LogP contribution in [0, 0.1) is 6.92 Å². The van der Waals surface area contributed by atoms with Crippen molar-refractivity contribution < 1.29 is 9.21 Å². The van der Waals surface area contributed by atoms with Crippen molar-refractivity contribution in [2.45, 2.75) is 32.2 Å². The van der Waals surface area contributed by atoms with Crippen molar-refractivity contribution in [2.75, 3.05) is 12.8 Å². The van der Waals surface area contributed by atoms with Gasteiger partial charge in [0.2, 0.25) is 0 Å². The summed E-state index contributed by atoms with van der Waals surface area (Å²) in [6, 6.07) is 1.86. The molecule has 1 saturated carbocycles. The first kappa shape index (κ1) is 12.8. The van der Waals surface area contributed by atoms with E-state index >= 15 is 0 Å². The third kappa shape index (κ3) is 2.17. The van der Waals surface area contributed by atoms with Gasteiger partial charge >= 0.3 is 0 Å². The van der Waals surface area contributed by atoms with Gasteiger partial charge in [-0.15, -0.1) is 0 Å². The fourth-order valence-electron chi connectivity index (χ4n) is 2.29. The average Bonchev–Trinajstić information content (AvgIpc) is 3.09. The van der Waals surface area contributed by atoms with Crippen molar-refractivity contribution in [3.05, 3.63) is 35.0 Å². The summed E-state index contributed by atoms with van der Waals surface area (Å²) in [4.78, 5) is 14.0. The molecule has 1 fully saturated rings. The van der Waals surface area contributed by atoms with E-state index in [4.69, 9.17) is 10.2 Å². The number of furan rings is 1. The Kier molecular flexibility index (Phi) is 3.00. The average molecular weight is 274 g/mol. The van der Waals surface area contributed by atoms with Gasteiger partial charge in [0.25, 0.3) is 5.91 Å². The zero-order valence-electron chi connectivity index (χ0n) is 11.6. The first-order valence-electron chi connectivity index (χ1n) is 6.70. The molecule has 2 aromatic rings. The number of amides is 1. The zero-order chi connectivity index (χ0) is 14.3. The summed E-state index contributed by atoms with van der Waals surface area (Å²) in [5, 5.41) is 6.99. The second-order valence-electron chi connectivity index (χ2n) is 5.34. The number of rotatable bonds is 4. The first-order valence-corrected chi connectivity index (χ1v) is 6.70. The number of carbonyl (C=O) groups is 1. The first-order chi connectivity index (χ1) is 9.58. The molecule has 1 amide bonds. The number of nitrogen functional groups attached to an aromatic ring is 1. The third-order valence-electron chi connectivity index (χ3n) is 3.74. The molecular formula is C14H18N4O2. The summed E-state index contributed by atoms with van der Waals surface area (Å²) in [6.07, 6.45) is 3.85. The molecule has 0 atom stereocenters. The van der Waals surface area contributed by atoms with E-state index < -0.39 is 0 Å². The molecule has 3 rings (SSSR count). The molecule has 2 heterocycles. The Hall–Kier alpha value is -2.24. The quantitative estimate of drug-likeness (QED) is 0.893. The Morgan fingerprint density at radius 3 is 2.95 bits per heavy atom. The predicted octanol–water partition coefficient (Wildman–Crippen LogP) is 2.04. The molecule has 0 aliphatic heterocycles. The number of nitrogens with two attached hydrogens (primary N) is 1. The third-order valence-corrected chi connectivity index (χ3v) is 3.74. The van der Waals surface area contributed by atoms with Gasteiger partial charge in [-0.2, -0.15) is 5.10 Å². The maximum atomic E-state index is 12.4. The largest absolute Gasteiger partial charge is 0.469 e. The van der Waals surface area contributed by atoms with Crippen molar-refractivity contribution in [1.82, 2.24) is 15.1 Å². The lowest BCUT2D eigenvalue weighted by molar-refractivity contribution is 0.0780. The van der Waals surface area contributed by atoms with E-state index in [2.05, 4.69) is 10.2 Å². The maximum absolute atomic E-state index is 12.4. The van der Waals surface area contributed by atoms with Gasteiger partial charge in [-0.05, 0) is 25.8 Å². The molecular weight excluding hydrogens is 256 g/mol. The minimum atomic E-state index is -0.175. The summed E-state index contributed by atoms with van der Waals surface area (Å²) >= 11 is 0. The molecule has 20 heavy (non-hydrogen) atoms. The van der Waals surface area contributed by atoms with E-state index in [1.54, 1.807) is 18.2 Å². The topological polar surface area (TPSA) is 88.2 Å². The molecule has 6 heteroatoms. The van der Waals surface area contributed by atoms with Gasteiger partial charge in [-0.25, -0.2) is 0 Å². The van der Waals surface area contributed by atoms with Crippen LogP contribution in [0.15, 0.2) is 16.7 Å². The van der Waals surface area contributed by atoms with E-state index in [1.807, 2.05) is 13.0 Å². The highest BCUT2D eigenvalue weighted by Gasteiger charge is 2.31. The number of hydrogen-bond donors (Lipinski definition) is 2. The summed E-state index contributed by atoms with van der Waals surface area (Å²) < 4.78 is 5.23. The van der Waals surface area contributed by atoms with Crippen LogP contribution in [0.25, 0.3) is 0 Å². The van der Waals surface area contributed by atoms with Crippen LogP contribution in [0.3, 0.4) is 0 Å². The zero-order valence-corrected chi connectivity index (χ0v) is 11.6. The second kappa shape index (κ2) is 4.70. The lowest BCUT2D eigenvalue weighted by Gasteiger charge is -2.15. The predicted molar refractivity (Wildman–Crippen MR) is 74.2 cm³/mol. The van der Waals surface area contributed by atoms with Gasteiger partial charge in [-0.3, -0.25) is 9.89 Å². The summed E-state index contributed by atoms with van der Waals surface area (Å²) in [7, 11) is 1.74. The van der Waals surface area contributed by atoms with Crippen molar-refractivity contribution in [3.63, 3.8) is 0 Å². The molecule has 0 aromatic carbocycles. The van der Waals surface area contributed by atoms with Crippen LogP contribution in [0.1, 0.15) is 46.3 Å². The highest BCUT2D eigenvalue weighted by atomic mass is 16.3. The maximum Gasteiger partial charge on any atom is 0.276 e. The van der Waals surface area contributed by atoms with Crippen molar-refractivity contribution in [1.29, 1.82) is 0 Å². The number of nitrogens with one attached hydrogen (secondary N) is 1. The number of aromatic nitrogens is 2. The number of hydrogen-bond acceptors (Lipinski definition) is 4. The monoisotopic (exact) mass is 274 g/mol. The van der Waals surface area contributed by atoms with E-state index in [1.165, 1.54) is 0 Å². The van der Waals surface area contributed by atoms with Crippen LogP contribution in [0.2, 0.25) is 0 Å². The minimum absolute atomic E-state index is 0.175. The number of carbonyl (C=O) groups excluding carboxylic acids is 1. The normalized spacial score (nSPS) is 14.5. The van der Waals surface area contributed by atoms with Crippen molar-refractivity contribution in [2.24, 2.45) is 0 Å². The Morgan fingerprint density at radius 2 is 2.35 bits per heavy atom. The Bertz CT molecular complexity index is 639. The minimum Gasteiger partial charge on any atom is -0.469 e. The van der Waals surface area contributed by atoms with Crippen LogP contribution in [-0.2, 0) is 6.54 Å². The Labute approximate surface area is 116 Å². The molecule has 0 saturated heterocycles. The Balaban J connectivity index is 1.76. The van der Waals surface area contributed by atoms with Gasteiger partial charge in [-0.1, -0.05) is 0 Å². The van der Waals surface area contributed by atoms with E-state index in [0.717, 1.165) is 29.9 Å². The van der Waals surface area contributed by atoms with Crippen LogP contribution in [0.4, 0.5) is 5.69 Å². The molecule has 106 valence electrons. The molecule has 2 aromatic heterocycles. The van der Waals surface area contributed by atoms with Crippen LogP contribution >= 0.6 is 0 Å². The molecule has 1 aliphatic carbocycles. The summed E-state index contributed by atoms with van der Waals surface area (Å²) in [5.74, 6) is 1.09. The Morgan fingerprint density at radius 1 is 1.60 bits per heavy atom. The fraction of sp³-hybridized carbons (Fsp3) is 0.429. The second-order valence-corrected chi connectivity index (χ2v) is 5.34. The molecule has 6 nitrogen and oxygen atoms in total. The van der Waals surface area contributed by atoms with Gasteiger partial charge in [0, 0.05) is 25.1 Å². The molecule has 0 radical (unpaired) electrons. The van der Waals surface area contributed by atoms with Crippen molar-refractivity contribution in [3.8, 4) is 0 Å². The standard InChI is InChI=1S/C14H18N4O2/c1-8-10(5-6-20-8)7-18(2)14(19)13-11(15)12(16-17-13)9-3-4-9/h5-6,9H,3-4,7,15H2,1-2H3,(H,16,17). The molecule has 0 unspecified atom stereocenters. The SMILES string of the molecule is Cc1occc1CN(C)C(=O)c1n[nH]c(C2CC2)c1N. The van der Waals surface area contributed by atoms with Crippen LogP contribution < -0.4 is 5.73 Å². The number of anilines is 1. The molecule has 0 bridgehead atoms. The fourth-order valence-corrected chi connectivity index (χ4v) is 2.29. The van der Waals surface area contributed by atoms with E-state index in [-0.39, 0.29) is 5.91 Å². The summed E-state index contributed by atoms with van der Waals surface area (Å²) in [6.45, 7) is 2.36. The molecule has 3 N–H and O–H groups in total. The van der Waals surface area contributed by atoms with Gasteiger partial charge in [0.15, 0.2) is 5.69 Å². The molecule has 1 aliphatic rings. The lowest BCUT2D eigenvalue weighted by Crippen LogP contribution is -2.27. The van der Waals surface area contributed by atoms with E-state index in [9.17, 15) is 4.79 Å². The number of aromatic amines is 1. The van der Waals surface area contributed by atoms with Gasteiger partial charge in [0.05, 0.1) is 17.6 Å². The van der Waals surface area contributed by atoms with Crippen LogP contribution in [-0.4, -0.2) is 28.1 Å². The van der Waals surface area contributed by atoms with Crippen LogP contribution in [0.5, 0.6) is 0 Å². The number of H-pyrrole nitrogens is 1. The van der Waals surface area contributed by atoms with Gasteiger partial charge in [0.1, 0.15) is 5.76 Å². The highest BCUT2D eigenvalue weighted by Crippen LogP contribution is 2.42. The van der Waals surface area contributed by atoms with E-state index in [0.29, 0.717) is 23.8 Å². The van der Waals surface area contributed by atoms with Crippen molar-refractivity contribution >= 4 is 11.6 Å². The smallest absolute Gasteiger partial charge is 0.276 e. The number of aryl methyl sites for hydroxylation is 1. The van der Waals surface area contributed by atoms with Gasteiger partial charge < -0.3 is 15.1 Å². The molecule has 0 spiro atoms. The lowest BCUT2D eigenvalue weighted by atomic mass is 10.2.